The standard InChI is InChI=1S/C17H19NO5/c1-11-7-17(20)23-15-8-12(4-5-14(11)15)18-16(19)10-21-9-13-3-2-6-22-13/h4-5,7-8,13H,2-3,6,9-10H2,1H3,(H,18,19). The summed E-state index contributed by atoms with van der Waals surface area (Å²) in [6.07, 6.45) is 2.12. The predicted octanol–water partition coefficient (Wildman–Crippen LogP) is 2.24. The van der Waals surface area contributed by atoms with Crippen LogP contribution in [-0.2, 0) is 14.3 Å². The minimum atomic E-state index is -0.404. The lowest BCUT2D eigenvalue weighted by molar-refractivity contribution is -0.121. The number of carbonyl (C=O) groups excluding carboxylic acids is 1. The van der Waals surface area contributed by atoms with Gasteiger partial charge in [0.1, 0.15) is 12.2 Å². The molecule has 1 unspecified atom stereocenters. The molecular formula is C17H19NO5. The molecule has 0 saturated carbocycles. The van der Waals surface area contributed by atoms with Gasteiger partial charge in [-0.3, -0.25) is 4.79 Å². The number of fused-ring (bicyclic) bond motifs is 1. The van der Waals surface area contributed by atoms with Crippen LogP contribution in [0.5, 0.6) is 0 Å². The fraction of sp³-hybridized carbons (Fsp3) is 0.412. The topological polar surface area (TPSA) is 77.8 Å². The lowest BCUT2D eigenvalue weighted by Crippen LogP contribution is -2.22. The van der Waals surface area contributed by atoms with Crippen LogP contribution < -0.4 is 10.9 Å². The van der Waals surface area contributed by atoms with E-state index in [-0.39, 0.29) is 18.6 Å². The van der Waals surface area contributed by atoms with Crippen LogP contribution in [-0.4, -0.2) is 31.8 Å². The summed E-state index contributed by atoms with van der Waals surface area (Å²) in [6, 6.07) is 6.67. The van der Waals surface area contributed by atoms with Gasteiger partial charge in [-0.05, 0) is 37.5 Å². The number of anilines is 1. The summed E-state index contributed by atoms with van der Waals surface area (Å²) in [6.45, 7) is 3.01. The Kier molecular flexibility index (Phi) is 4.73. The Morgan fingerprint density at radius 3 is 3.04 bits per heavy atom. The van der Waals surface area contributed by atoms with E-state index < -0.39 is 5.63 Å². The van der Waals surface area contributed by atoms with Crippen molar-refractivity contribution < 1.29 is 18.7 Å². The van der Waals surface area contributed by atoms with Crippen LogP contribution in [0.1, 0.15) is 18.4 Å². The molecule has 3 rings (SSSR count). The first-order valence-corrected chi connectivity index (χ1v) is 7.65. The smallest absolute Gasteiger partial charge is 0.336 e. The molecule has 1 aromatic heterocycles. The maximum atomic E-state index is 11.9. The van der Waals surface area contributed by atoms with E-state index in [0.717, 1.165) is 30.4 Å². The molecule has 2 heterocycles. The predicted molar refractivity (Wildman–Crippen MR) is 85.6 cm³/mol. The van der Waals surface area contributed by atoms with Crippen molar-refractivity contribution in [2.24, 2.45) is 0 Å². The second-order valence-corrected chi connectivity index (χ2v) is 5.66. The first kappa shape index (κ1) is 15.7. The molecule has 6 nitrogen and oxygen atoms in total. The van der Waals surface area contributed by atoms with Crippen LogP contribution in [0.3, 0.4) is 0 Å². The van der Waals surface area contributed by atoms with E-state index in [1.165, 1.54) is 6.07 Å². The van der Waals surface area contributed by atoms with Crippen molar-refractivity contribution >= 4 is 22.6 Å². The zero-order chi connectivity index (χ0) is 16.2. The highest BCUT2D eigenvalue weighted by Gasteiger charge is 2.16. The summed E-state index contributed by atoms with van der Waals surface area (Å²) in [5.74, 6) is -0.252. The zero-order valence-electron chi connectivity index (χ0n) is 13.0. The molecule has 6 heteroatoms. The van der Waals surface area contributed by atoms with Crippen LogP contribution in [0.4, 0.5) is 5.69 Å². The molecule has 1 aliphatic heterocycles. The Bertz CT molecular complexity index is 761. The zero-order valence-corrected chi connectivity index (χ0v) is 13.0. The summed E-state index contributed by atoms with van der Waals surface area (Å²) < 4.78 is 16.0. The van der Waals surface area contributed by atoms with Gasteiger partial charge in [0.15, 0.2) is 0 Å². The average molecular weight is 317 g/mol. The normalized spacial score (nSPS) is 17.5. The first-order valence-electron chi connectivity index (χ1n) is 7.65. The van der Waals surface area contributed by atoms with E-state index in [9.17, 15) is 9.59 Å². The van der Waals surface area contributed by atoms with Gasteiger partial charge in [-0.25, -0.2) is 4.79 Å². The van der Waals surface area contributed by atoms with Crippen molar-refractivity contribution in [1.29, 1.82) is 0 Å². The number of aryl methyl sites for hydroxylation is 1. The van der Waals surface area contributed by atoms with Gasteiger partial charge in [0, 0.05) is 29.8 Å². The Morgan fingerprint density at radius 1 is 1.39 bits per heavy atom. The van der Waals surface area contributed by atoms with Crippen LogP contribution in [0.2, 0.25) is 0 Å². The molecule has 2 aromatic rings. The summed E-state index contributed by atoms with van der Waals surface area (Å²) in [5, 5.41) is 3.58. The van der Waals surface area contributed by atoms with E-state index in [1.54, 1.807) is 12.1 Å². The van der Waals surface area contributed by atoms with Gasteiger partial charge in [0.2, 0.25) is 5.91 Å². The fourth-order valence-electron chi connectivity index (χ4n) is 2.66. The number of carbonyl (C=O) groups is 1. The fourth-order valence-corrected chi connectivity index (χ4v) is 2.66. The van der Waals surface area contributed by atoms with Crippen molar-refractivity contribution in [2.45, 2.75) is 25.9 Å². The molecule has 1 amide bonds. The van der Waals surface area contributed by atoms with E-state index in [4.69, 9.17) is 13.9 Å². The molecule has 0 aliphatic carbocycles. The molecule has 0 bridgehead atoms. The summed E-state index contributed by atoms with van der Waals surface area (Å²) >= 11 is 0. The summed E-state index contributed by atoms with van der Waals surface area (Å²) in [7, 11) is 0. The SMILES string of the molecule is Cc1cc(=O)oc2cc(NC(=O)COCC3CCCO3)ccc12. The Hall–Kier alpha value is -2.18. The lowest BCUT2D eigenvalue weighted by atomic mass is 10.1. The van der Waals surface area contributed by atoms with Crippen LogP contribution >= 0.6 is 0 Å². The molecule has 1 saturated heterocycles. The molecule has 1 aliphatic rings. The van der Waals surface area contributed by atoms with Crippen molar-refractivity contribution in [3.63, 3.8) is 0 Å². The van der Waals surface area contributed by atoms with Crippen LogP contribution in [0.15, 0.2) is 33.5 Å². The van der Waals surface area contributed by atoms with Gasteiger partial charge >= 0.3 is 5.63 Å². The average Bonchev–Trinajstić information content (AvgIpc) is 3.00. The van der Waals surface area contributed by atoms with Gasteiger partial charge in [0.25, 0.3) is 0 Å². The molecule has 0 radical (unpaired) electrons. The highest BCUT2D eigenvalue weighted by molar-refractivity contribution is 5.94. The van der Waals surface area contributed by atoms with Gasteiger partial charge in [-0.15, -0.1) is 0 Å². The molecule has 1 fully saturated rings. The number of benzene rings is 1. The number of rotatable bonds is 5. The van der Waals surface area contributed by atoms with Crippen molar-refractivity contribution in [1.82, 2.24) is 0 Å². The first-order chi connectivity index (χ1) is 11.1. The number of amides is 1. The van der Waals surface area contributed by atoms with Gasteiger partial charge in [0.05, 0.1) is 12.7 Å². The maximum Gasteiger partial charge on any atom is 0.336 e. The number of hydrogen-bond acceptors (Lipinski definition) is 5. The van der Waals surface area contributed by atoms with Crippen molar-refractivity contribution in [2.75, 3.05) is 25.1 Å². The molecule has 122 valence electrons. The number of hydrogen-bond donors (Lipinski definition) is 1. The summed E-state index contributed by atoms with van der Waals surface area (Å²) in [5.41, 5.74) is 1.46. The lowest BCUT2D eigenvalue weighted by Gasteiger charge is -2.10. The second-order valence-electron chi connectivity index (χ2n) is 5.66. The highest BCUT2D eigenvalue weighted by atomic mass is 16.5. The quantitative estimate of drug-likeness (QED) is 0.856. The third-order valence-corrected chi connectivity index (χ3v) is 3.80. The monoisotopic (exact) mass is 317 g/mol. The number of ether oxygens (including phenoxy) is 2. The van der Waals surface area contributed by atoms with Crippen molar-refractivity contribution in [3.8, 4) is 0 Å². The second kappa shape index (κ2) is 6.93. The van der Waals surface area contributed by atoms with Gasteiger partial charge < -0.3 is 19.2 Å². The van der Waals surface area contributed by atoms with Crippen LogP contribution in [0, 0.1) is 6.92 Å². The van der Waals surface area contributed by atoms with E-state index in [1.807, 2.05) is 13.0 Å². The van der Waals surface area contributed by atoms with Gasteiger partial charge in [-0.2, -0.15) is 0 Å². The number of nitrogens with one attached hydrogen (secondary N) is 1. The Morgan fingerprint density at radius 2 is 2.26 bits per heavy atom. The Labute approximate surface area is 133 Å². The van der Waals surface area contributed by atoms with E-state index >= 15 is 0 Å². The molecular weight excluding hydrogens is 298 g/mol. The molecule has 1 N–H and O–H groups in total. The molecule has 0 spiro atoms. The van der Waals surface area contributed by atoms with E-state index in [2.05, 4.69) is 5.32 Å². The van der Waals surface area contributed by atoms with Gasteiger partial charge in [-0.1, -0.05) is 0 Å². The third kappa shape index (κ3) is 3.97. The minimum absolute atomic E-state index is 0.0321. The third-order valence-electron chi connectivity index (χ3n) is 3.80. The maximum absolute atomic E-state index is 11.9. The molecule has 1 atom stereocenters. The molecule has 1 aromatic carbocycles. The highest BCUT2D eigenvalue weighted by Crippen LogP contribution is 2.20. The Balaban J connectivity index is 1.59. The largest absolute Gasteiger partial charge is 0.423 e. The molecule has 23 heavy (non-hydrogen) atoms. The van der Waals surface area contributed by atoms with E-state index in [0.29, 0.717) is 17.9 Å². The van der Waals surface area contributed by atoms with Crippen LogP contribution in [0.25, 0.3) is 11.0 Å². The minimum Gasteiger partial charge on any atom is -0.423 e. The van der Waals surface area contributed by atoms with Crippen molar-refractivity contribution in [3.05, 3.63) is 40.2 Å². The summed E-state index contributed by atoms with van der Waals surface area (Å²) in [4.78, 5) is 23.3.